The number of nitrogens with two attached hydrogens (primary N) is 3. The Labute approximate surface area is 617 Å². The van der Waals surface area contributed by atoms with Gasteiger partial charge in [-0.05, 0) is 100 Å². The number of benzene rings is 1. The number of likely N-dealkylation sites (tertiary alicyclic amines) is 1. The highest BCUT2D eigenvalue weighted by atomic mass is 32.2. The maximum Gasteiger partial charge on any atom is 0.326 e. The third kappa shape index (κ3) is 31.1. The molecule has 42 heteroatoms. The van der Waals surface area contributed by atoms with Gasteiger partial charge in [0, 0.05) is 37.3 Å². The average Bonchev–Trinajstić information content (AvgIpc) is 1.61. The number of aliphatic carboxylic acids is 3. The number of carbonyl (C=O) groups excluding carboxylic acids is 16. The molecule has 3 rings (SSSR count). The third-order valence-corrected chi connectivity index (χ3v) is 18.2. The van der Waals surface area contributed by atoms with Crippen molar-refractivity contribution in [1.82, 2.24) is 74.0 Å². The van der Waals surface area contributed by atoms with Gasteiger partial charge in [0.2, 0.25) is 94.5 Å². The summed E-state index contributed by atoms with van der Waals surface area (Å²) in [5.41, 5.74) is 17.4. The third-order valence-electron chi connectivity index (χ3n) is 16.4. The van der Waals surface area contributed by atoms with E-state index < -0.39 is 266 Å². The van der Waals surface area contributed by atoms with Crippen LogP contribution in [0.1, 0.15) is 111 Å². The second-order valence-corrected chi connectivity index (χ2v) is 27.8. The van der Waals surface area contributed by atoms with Gasteiger partial charge in [0.15, 0.2) is 0 Å². The molecule has 0 radical (unpaired) electrons. The van der Waals surface area contributed by atoms with Gasteiger partial charge in [-0.25, -0.2) is 4.79 Å². The maximum absolute atomic E-state index is 14.8. The van der Waals surface area contributed by atoms with Gasteiger partial charge >= 0.3 is 17.9 Å². The van der Waals surface area contributed by atoms with Crippen LogP contribution in [-0.2, 0) is 97.5 Å². The Morgan fingerprint density at radius 3 is 1.81 bits per heavy atom. The fourth-order valence-corrected chi connectivity index (χ4v) is 12.0. The van der Waals surface area contributed by atoms with Gasteiger partial charge in [0.05, 0.1) is 25.6 Å². The van der Waals surface area contributed by atoms with E-state index in [0.29, 0.717) is 17.3 Å². The van der Waals surface area contributed by atoms with Crippen LogP contribution in [0.4, 0.5) is 0 Å². The Morgan fingerprint density at radius 1 is 0.632 bits per heavy atom. The molecule has 588 valence electrons. The van der Waals surface area contributed by atoms with Gasteiger partial charge < -0.3 is 112 Å². The lowest BCUT2D eigenvalue weighted by molar-refractivity contribution is -0.143. The van der Waals surface area contributed by atoms with Crippen molar-refractivity contribution in [3.63, 3.8) is 0 Å². The van der Waals surface area contributed by atoms with Crippen LogP contribution in [0.25, 0.3) is 0 Å². The van der Waals surface area contributed by atoms with Crippen molar-refractivity contribution in [2.24, 2.45) is 29.0 Å². The van der Waals surface area contributed by atoms with E-state index in [-0.39, 0.29) is 50.2 Å². The highest BCUT2D eigenvalue weighted by molar-refractivity contribution is 7.99. The van der Waals surface area contributed by atoms with E-state index in [4.69, 9.17) is 17.2 Å². The molecule has 13 atom stereocenters. The number of nitrogens with zero attached hydrogens (tertiary/aromatic N) is 1. The molecule has 1 aromatic rings. The van der Waals surface area contributed by atoms with Crippen LogP contribution in [0.5, 0.6) is 5.75 Å². The van der Waals surface area contributed by atoms with Crippen LogP contribution in [0.3, 0.4) is 0 Å². The molecule has 40 nitrogen and oxygen atoms in total. The van der Waals surface area contributed by atoms with Crippen molar-refractivity contribution < 1.29 is 112 Å². The largest absolute Gasteiger partial charge is 0.508 e. The minimum Gasteiger partial charge on any atom is -0.508 e. The molecule has 13 unspecified atom stereocenters. The fourth-order valence-electron chi connectivity index (χ4n) is 10.5. The predicted octanol–water partition coefficient (Wildman–Crippen LogP) is -7.37. The number of aromatic hydroxyl groups is 1. The summed E-state index contributed by atoms with van der Waals surface area (Å²) in [5.74, 6) is -24.0. The van der Waals surface area contributed by atoms with Crippen molar-refractivity contribution >= 4 is 136 Å². The van der Waals surface area contributed by atoms with E-state index in [9.17, 15) is 112 Å². The molecule has 0 bridgehead atoms. The first-order chi connectivity index (χ1) is 49.7. The summed E-state index contributed by atoms with van der Waals surface area (Å²) >= 11 is 1.80. The lowest BCUT2D eigenvalue weighted by Gasteiger charge is -2.32. The van der Waals surface area contributed by atoms with Crippen LogP contribution < -0.4 is 86.3 Å². The van der Waals surface area contributed by atoms with Gasteiger partial charge in [0.1, 0.15) is 78.3 Å². The maximum atomic E-state index is 14.8. The molecule has 0 aliphatic carbocycles. The first kappa shape index (κ1) is 89.8. The Bertz CT molecular complexity index is 3390. The van der Waals surface area contributed by atoms with Crippen molar-refractivity contribution in [1.29, 1.82) is 0 Å². The van der Waals surface area contributed by atoms with E-state index in [1.165, 1.54) is 37.7 Å². The summed E-state index contributed by atoms with van der Waals surface area (Å²) in [6.45, 7) is 6.64. The van der Waals surface area contributed by atoms with Gasteiger partial charge in [-0.2, -0.15) is 23.5 Å². The summed E-state index contributed by atoms with van der Waals surface area (Å²) < 4.78 is 0. The van der Waals surface area contributed by atoms with Crippen molar-refractivity contribution in [3.8, 4) is 5.75 Å². The number of carboxylic acids is 3. The highest BCUT2D eigenvalue weighted by Crippen LogP contribution is 2.22. The second-order valence-electron chi connectivity index (χ2n) is 25.8. The topological polar surface area (TPSA) is 643 Å². The van der Waals surface area contributed by atoms with E-state index in [2.05, 4.69) is 69.1 Å². The van der Waals surface area contributed by atoms with Crippen LogP contribution in [0.15, 0.2) is 24.3 Å². The number of carbonyl (C=O) groups is 19. The van der Waals surface area contributed by atoms with Crippen LogP contribution in [-0.4, -0.2) is 259 Å². The van der Waals surface area contributed by atoms with Gasteiger partial charge in [-0.3, -0.25) is 86.3 Å². The van der Waals surface area contributed by atoms with Crippen LogP contribution in [0.2, 0.25) is 0 Å². The van der Waals surface area contributed by atoms with Crippen molar-refractivity contribution in [2.45, 2.75) is 191 Å². The standard InChI is InChI=1S/C64H97N17O23S2/c1-29(2)50(79-58(97)36(14-17-44(66)83)72-47(86)26-69-54(93)35(65)23-33-10-12-34(82)13-11-33)63(102)81-21-8-9-43(81)62(101)75-39(20-22-105-7)57(96)78-42-28-106-27-41(60(99)71-32(6)53(92)80-51(30(3)4)64(103)104)77-56(95)38(15-18-45(67)84)74-55(94)37(16-19-48(87)88)73-46(85)25-68-52(91)31(5)70-59(98)40(24-49(89)90)76-61(42)100/h10-13,29-32,35-43,50-51,82H,8-9,14-28,65H2,1-7H3,(H2,66,83)(H2,67,84)(H,68,91)(H,69,93)(H,70,98)(H,71,99)(H,72,86)(H,73,85)(H,74,94)(H,75,101)(H,76,100)(H,77,95)(H,78,96)(H,79,97)(H,80,92)(H,87,88)(H,89,90)(H,103,104). The summed E-state index contributed by atoms with van der Waals surface area (Å²) in [6, 6.07) is -15.2. The molecule has 2 saturated heterocycles. The molecule has 2 aliphatic heterocycles. The number of hydrogen-bond donors (Lipinski definition) is 20. The van der Waals surface area contributed by atoms with Crippen LogP contribution >= 0.6 is 23.5 Å². The zero-order chi connectivity index (χ0) is 79.8. The quantitative estimate of drug-likeness (QED) is 0.0305. The number of rotatable bonds is 34. The first-order valence-electron chi connectivity index (χ1n) is 33.7. The minimum atomic E-state index is -2.07. The van der Waals surface area contributed by atoms with Crippen molar-refractivity contribution in [3.05, 3.63) is 29.8 Å². The monoisotopic (exact) mass is 1540 g/mol. The smallest absolute Gasteiger partial charge is 0.326 e. The average molecular weight is 1540 g/mol. The molecular formula is C64H97N17O23S2. The Morgan fingerprint density at radius 2 is 1.22 bits per heavy atom. The highest BCUT2D eigenvalue weighted by Gasteiger charge is 2.42. The number of hydrogen-bond acceptors (Lipinski definition) is 23. The number of thioether (sulfide) groups is 2. The van der Waals surface area contributed by atoms with Gasteiger partial charge in [-0.15, -0.1) is 0 Å². The number of carboxylic acid groups (broad SMARTS) is 3. The molecule has 16 amide bonds. The number of primary amides is 2. The lowest BCUT2D eigenvalue weighted by Crippen LogP contribution is -2.61. The number of nitrogens with one attached hydrogen (secondary N) is 13. The Kier molecular flexibility index (Phi) is 37.6. The van der Waals surface area contributed by atoms with E-state index in [1.807, 2.05) is 0 Å². The molecule has 0 spiro atoms. The molecule has 1 aromatic carbocycles. The molecule has 0 saturated carbocycles. The molecule has 23 N–H and O–H groups in total. The van der Waals surface area contributed by atoms with Gasteiger partial charge in [0.25, 0.3) is 0 Å². The number of phenolic OH excluding ortho intramolecular Hbond substituents is 1. The predicted molar refractivity (Wildman–Crippen MR) is 377 cm³/mol. The van der Waals surface area contributed by atoms with Crippen molar-refractivity contribution in [2.75, 3.05) is 43.1 Å². The molecule has 2 heterocycles. The molecular weight excluding hydrogens is 1440 g/mol. The van der Waals surface area contributed by atoms with Crippen LogP contribution in [0, 0.1) is 11.8 Å². The fraction of sp³-hybridized carbons (Fsp3) is 0.609. The second kappa shape index (κ2) is 44.4. The van der Waals surface area contributed by atoms with Gasteiger partial charge in [-0.1, -0.05) is 39.8 Å². The molecule has 106 heavy (non-hydrogen) atoms. The molecule has 0 aromatic heterocycles. The summed E-state index contributed by atoms with van der Waals surface area (Å²) in [5, 5.41) is 69.4. The summed E-state index contributed by atoms with van der Waals surface area (Å²) in [6.07, 6.45) is -2.89. The molecule has 2 fully saturated rings. The number of phenols is 1. The molecule has 2 aliphatic rings. The Hall–Kier alpha value is -10.4. The zero-order valence-electron chi connectivity index (χ0n) is 59.5. The van der Waals surface area contributed by atoms with E-state index in [0.717, 1.165) is 18.7 Å². The minimum absolute atomic E-state index is 0.000223. The number of amides is 16. The van der Waals surface area contributed by atoms with E-state index >= 15 is 0 Å². The SMILES string of the molecule is CSCCC(NC(=O)C1CCCN1C(=O)C(NC(=O)C(CCC(N)=O)NC(=O)CNC(=O)C(N)Cc1ccc(O)cc1)C(C)C)C(=O)NC1CSCC(C(=O)NC(C)C(=O)NC(C(=O)O)C(C)C)NC(=O)C(CCC(N)=O)NC(=O)C(CCC(=O)O)NC(=O)CNC(=O)C(C)NC(=O)C(CC(=O)O)NC1=O. The normalized spacial score (nSPS) is 21.0. The van der Waals surface area contributed by atoms with E-state index in [1.54, 1.807) is 32.2 Å². The lowest BCUT2D eigenvalue weighted by atomic mass is 10.0. The summed E-state index contributed by atoms with van der Waals surface area (Å²) in [4.78, 5) is 257. The zero-order valence-corrected chi connectivity index (χ0v) is 61.2. The first-order valence-corrected chi connectivity index (χ1v) is 36.3. The Balaban J connectivity index is 2.09. The summed E-state index contributed by atoms with van der Waals surface area (Å²) in [7, 11) is 0.